The molecule has 0 aliphatic rings. The SMILES string of the molecule is Br.C=CCn1c(-c2ccc(OC)cc2)c(C)sc1=Nc1ccc(C)cc1. The Hall–Kier alpha value is -2.11. The maximum atomic E-state index is 5.27. The zero-order valence-corrected chi connectivity index (χ0v) is 17.8. The molecular formula is C21H23BrN2OS. The maximum Gasteiger partial charge on any atom is 0.190 e. The minimum Gasteiger partial charge on any atom is -0.497 e. The summed E-state index contributed by atoms with van der Waals surface area (Å²) >= 11 is 1.70. The number of nitrogens with zero attached hydrogens (tertiary/aromatic N) is 2. The molecule has 136 valence electrons. The van der Waals surface area contributed by atoms with Crippen LogP contribution in [0.1, 0.15) is 10.4 Å². The Morgan fingerprint density at radius 3 is 2.31 bits per heavy atom. The Kier molecular flexibility index (Phi) is 7.00. The second-order valence-electron chi connectivity index (χ2n) is 5.86. The highest BCUT2D eigenvalue weighted by molar-refractivity contribution is 8.93. The first-order valence-corrected chi connectivity index (χ1v) is 9.01. The van der Waals surface area contributed by atoms with E-state index in [1.54, 1.807) is 18.4 Å². The van der Waals surface area contributed by atoms with Gasteiger partial charge in [-0.2, -0.15) is 0 Å². The normalized spacial score (nSPS) is 11.1. The summed E-state index contributed by atoms with van der Waals surface area (Å²) in [6, 6.07) is 16.4. The van der Waals surface area contributed by atoms with Crippen molar-refractivity contribution in [3.8, 4) is 17.0 Å². The molecule has 0 atom stereocenters. The predicted octanol–water partition coefficient (Wildman–Crippen LogP) is 5.84. The average Bonchev–Trinajstić information content (AvgIpc) is 2.92. The van der Waals surface area contributed by atoms with Crippen LogP contribution < -0.4 is 9.54 Å². The summed E-state index contributed by atoms with van der Waals surface area (Å²) in [6.07, 6.45) is 1.91. The zero-order valence-electron chi connectivity index (χ0n) is 15.2. The van der Waals surface area contributed by atoms with Gasteiger partial charge in [-0.25, -0.2) is 4.99 Å². The van der Waals surface area contributed by atoms with Gasteiger partial charge in [-0.3, -0.25) is 0 Å². The fraction of sp³-hybridized carbons (Fsp3) is 0.190. The van der Waals surface area contributed by atoms with Gasteiger partial charge in [0.05, 0.1) is 18.5 Å². The van der Waals surface area contributed by atoms with E-state index in [9.17, 15) is 0 Å². The van der Waals surface area contributed by atoms with E-state index >= 15 is 0 Å². The van der Waals surface area contributed by atoms with Crippen molar-refractivity contribution >= 4 is 34.0 Å². The Labute approximate surface area is 169 Å². The van der Waals surface area contributed by atoms with Crippen LogP contribution in [-0.4, -0.2) is 11.7 Å². The summed E-state index contributed by atoms with van der Waals surface area (Å²) < 4.78 is 7.48. The monoisotopic (exact) mass is 430 g/mol. The highest BCUT2D eigenvalue weighted by atomic mass is 79.9. The highest BCUT2D eigenvalue weighted by Crippen LogP contribution is 2.27. The molecule has 0 saturated heterocycles. The molecular weight excluding hydrogens is 408 g/mol. The van der Waals surface area contributed by atoms with Gasteiger partial charge in [0.25, 0.3) is 0 Å². The second kappa shape index (κ2) is 9.01. The quantitative estimate of drug-likeness (QED) is 0.467. The van der Waals surface area contributed by atoms with Crippen LogP contribution in [0.3, 0.4) is 0 Å². The van der Waals surface area contributed by atoms with E-state index in [2.05, 4.69) is 61.4 Å². The number of thiazole rings is 1. The van der Waals surface area contributed by atoms with Gasteiger partial charge in [0.2, 0.25) is 0 Å². The molecule has 26 heavy (non-hydrogen) atoms. The van der Waals surface area contributed by atoms with Gasteiger partial charge in [-0.15, -0.1) is 34.9 Å². The molecule has 3 nitrogen and oxygen atoms in total. The van der Waals surface area contributed by atoms with Crippen molar-refractivity contribution in [3.05, 3.63) is 76.4 Å². The lowest BCUT2D eigenvalue weighted by molar-refractivity contribution is 0.415. The highest BCUT2D eigenvalue weighted by Gasteiger charge is 2.12. The molecule has 0 aliphatic carbocycles. The van der Waals surface area contributed by atoms with Gasteiger partial charge >= 0.3 is 0 Å². The van der Waals surface area contributed by atoms with Crippen molar-refractivity contribution in [2.24, 2.45) is 4.99 Å². The summed E-state index contributed by atoms with van der Waals surface area (Å²) in [5, 5.41) is 0. The molecule has 5 heteroatoms. The Balaban J connectivity index is 0.00000243. The van der Waals surface area contributed by atoms with Crippen molar-refractivity contribution in [3.63, 3.8) is 0 Å². The fourth-order valence-corrected chi connectivity index (χ4v) is 3.77. The van der Waals surface area contributed by atoms with Crippen molar-refractivity contribution in [2.75, 3.05) is 7.11 Å². The topological polar surface area (TPSA) is 26.5 Å². The Morgan fingerprint density at radius 2 is 1.73 bits per heavy atom. The molecule has 3 rings (SSSR count). The largest absolute Gasteiger partial charge is 0.497 e. The number of hydrogen-bond donors (Lipinski definition) is 0. The Bertz CT molecular complexity index is 938. The van der Waals surface area contributed by atoms with Crippen LogP contribution in [0.5, 0.6) is 5.75 Å². The summed E-state index contributed by atoms with van der Waals surface area (Å²) in [4.78, 5) is 7.06. The molecule has 0 unspecified atom stereocenters. The van der Waals surface area contributed by atoms with Gasteiger partial charge in [0.1, 0.15) is 5.75 Å². The predicted molar refractivity (Wildman–Crippen MR) is 116 cm³/mol. The van der Waals surface area contributed by atoms with E-state index in [0.717, 1.165) is 28.3 Å². The second-order valence-corrected chi connectivity index (χ2v) is 7.05. The van der Waals surface area contributed by atoms with Crippen molar-refractivity contribution in [2.45, 2.75) is 20.4 Å². The van der Waals surface area contributed by atoms with E-state index < -0.39 is 0 Å². The minimum atomic E-state index is 0. The summed E-state index contributed by atoms with van der Waals surface area (Å²) in [6.45, 7) is 8.85. The van der Waals surface area contributed by atoms with Gasteiger partial charge < -0.3 is 9.30 Å². The number of halogens is 1. The lowest BCUT2D eigenvalue weighted by Gasteiger charge is -2.09. The van der Waals surface area contributed by atoms with E-state index in [0.29, 0.717) is 0 Å². The Morgan fingerprint density at radius 1 is 1.08 bits per heavy atom. The third-order valence-corrected chi connectivity index (χ3v) is 5.01. The molecule has 0 fully saturated rings. The molecule has 0 aliphatic heterocycles. The van der Waals surface area contributed by atoms with E-state index in [1.165, 1.54) is 16.1 Å². The van der Waals surface area contributed by atoms with Crippen LogP contribution in [0.4, 0.5) is 5.69 Å². The third-order valence-electron chi connectivity index (χ3n) is 4.01. The van der Waals surface area contributed by atoms with E-state index in [4.69, 9.17) is 9.73 Å². The number of aryl methyl sites for hydroxylation is 2. The van der Waals surface area contributed by atoms with Crippen LogP contribution in [-0.2, 0) is 6.54 Å². The van der Waals surface area contributed by atoms with Crippen molar-refractivity contribution < 1.29 is 4.74 Å². The molecule has 0 amide bonds. The summed E-state index contributed by atoms with van der Waals surface area (Å²) in [7, 11) is 1.68. The number of methoxy groups -OCH3 is 1. The molecule has 0 radical (unpaired) electrons. The molecule has 0 bridgehead atoms. The van der Waals surface area contributed by atoms with Crippen LogP contribution in [0.25, 0.3) is 11.3 Å². The number of aromatic nitrogens is 1. The maximum absolute atomic E-state index is 5.27. The first kappa shape index (κ1) is 20.2. The number of rotatable bonds is 5. The molecule has 0 N–H and O–H groups in total. The molecule has 0 spiro atoms. The van der Waals surface area contributed by atoms with Gasteiger partial charge in [-0.1, -0.05) is 23.8 Å². The molecule has 1 aromatic heterocycles. The van der Waals surface area contributed by atoms with Crippen LogP contribution in [0, 0.1) is 13.8 Å². The summed E-state index contributed by atoms with van der Waals surface area (Å²) in [5.74, 6) is 0.858. The first-order chi connectivity index (χ1) is 12.1. The number of benzene rings is 2. The first-order valence-electron chi connectivity index (χ1n) is 8.19. The third kappa shape index (κ3) is 4.34. The van der Waals surface area contributed by atoms with E-state index in [-0.39, 0.29) is 17.0 Å². The zero-order chi connectivity index (χ0) is 17.8. The van der Waals surface area contributed by atoms with Gasteiger partial charge in [-0.05, 0) is 55.8 Å². The van der Waals surface area contributed by atoms with Crippen LogP contribution >= 0.6 is 28.3 Å². The standard InChI is InChI=1S/C21H22N2OS.BrH/c1-5-14-23-20(17-8-12-19(24-4)13-9-17)16(3)25-21(23)22-18-10-6-15(2)7-11-18;/h5-13H,1,14H2,2-4H3;1H. The molecule has 0 saturated carbocycles. The molecule has 3 aromatic rings. The van der Waals surface area contributed by atoms with Crippen molar-refractivity contribution in [1.82, 2.24) is 4.57 Å². The lowest BCUT2D eigenvalue weighted by atomic mass is 10.1. The van der Waals surface area contributed by atoms with Gasteiger partial charge in [0.15, 0.2) is 4.80 Å². The van der Waals surface area contributed by atoms with Gasteiger partial charge in [0, 0.05) is 11.4 Å². The summed E-state index contributed by atoms with van der Waals surface area (Å²) in [5.41, 5.74) is 4.53. The van der Waals surface area contributed by atoms with E-state index in [1.807, 2.05) is 18.2 Å². The minimum absolute atomic E-state index is 0. The van der Waals surface area contributed by atoms with Crippen LogP contribution in [0.15, 0.2) is 66.2 Å². The fourth-order valence-electron chi connectivity index (χ4n) is 2.75. The van der Waals surface area contributed by atoms with Crippen LogP contribution in [0.2, 0.25) is 0 Å². The molecule has 2 aromatic carbocycles. The molecule has 1 heterocycles. The lowest BCUT2D eigenvalue weighted by Crippen LogP contribution is -2.14. The number of hydrogen-bond acceptors (Lipinski definition) is 3. The number of allylic oxidation sites excluding steroid dienone is 1. The van der Waals surface area contributed by atoms with Crippen molar-refractivity contribution in [1.29, 1.82) is 0 Å². The average molecular weight is 431 g/mol. The number of ether oxygens (including phenoxy) is 1. The smallest absolute Gasteiger partial charge is 0.190 e.